The van der Waals surface area contributed by atoms with Gasteiger partial charge in [0.25, 0.3) is 5.91 Å². The van der Waals surface area contributed by atoms with E-state index in [0.717, 1.165) is 47.4 Å². The lowest BCUT2D eigenvalue weighted by Crippen LogP contribution is -2.33. The van der Waals surface area contributed by atoms with Crippen LogP contribution in [0.3, 0.4) is 0 Å². The second-order valence-corrected chi connectivity index (χ2v) is 19.5. The van der Waals surface area contributed by atoms with Crippen molar-refractivity contribution < 1.29 is 28.6 Å². The van der Waals surface area contributed by atoms with Gasteiger partial charge in [-0.2, -0.15) is 0 Å². The van der Waals surface area contributed by atoms with E-state index in [1.165, 1.54) is 17.2 Å². The second kappa shape index (κ2) is 13.3. The van der Waals surface area contributed by atoms with E-state index in [9.17, 15) is 14.7 Å². The SMILES string of the molecule is C[Si](C)(C)CCOCn1c(-c2ccc(C=O)cn2)cc2c(-c3cccc(N4CCOc5cc(C6CC6)cc(F)c5C4=O)c3CO)ccnc21. The number of fused-ring (bicyclic) bond motifs is 2. The van der Waals surface area contributed by atoms with Crippen molar-refractivity contribution in [1.82, 2.24) is 14.5 Å². The molecule has 0 radical (unpaired) electrons. The molecule has 2 aromatic carbocycles. The fraction of sp³-hybridized carbons (Fsp3) is 0.316. The predicted octanol–water partition coefficient (Wildman–Crippen LogP) is 7.44. The summed E-state index contributed by atoms with van der Waals surface area (Å²) in [7, 11) is -1.32. The highest BCUT2D eigenvalue weighted by atomic mass is 28.3. The Hall–Kier alpha value is -4.71. The molecule has 0 bridgehead atoms. The molecule has 1 aliphatic heterocycles. The van der Waals surface area contributed by atoms with Crippen molar-refractivity contribution in [2.45, 2.75) is 57.8 Å². The summed E-state index contributed by atoms with van der Waals surface area (Å²) >= 11 is 0. The van der Waals surface area contributed by atoms with Crippen molar-refractivity contribution in [3.05, 3.63) is 95.1 Å². The van der Waals surface area contributed by atoms with Crippen molar-refractivity contribution in [3.63, 3.8) is 0 Å². The predicted molar refractivity (Wildman–Crippen MR) is 189 cm³/mol. The van der Waals surface area contributed by atoms with Crippen molar-refractivity contribution in [2.24, 2.45) is 0 Å². The third kappa shape index (κ3) is 6.53. The van der Waals surface area contributed by atoms with Crippen molar-refractivity contribution in [2.75, 3.05) is 24.7 Å². The lowest BCUT2D eigenvalue weighted by molar-refractivity contribution is 0.0908. The molecule has 49 heavy (non-hydrogen) atoms. The molecule has 252 valence electrons. The van der Waals surface area contributed by atoms with Crippen LogP contribution in [0.1, 0.15) is 50.6 Å². The Bertz CT molecular complexity index is 2050. The van der Waals surface area contributed by atoms with E-state index in [1.807, 2.05) is 28.8 Å². The van der Waals surface area contributed by atoms with Gasteiger partial charge in [-0.05, 0) is 84.0 Å². The summed E-state index contributed by atoms with van der Waals surface area (Å²) in [4.78, 5) is 36.1. The first-order chi connectivity index (χ1) is 23.7. The molecule has 3 aromatic heterocycles. The average Bonchev–Trinajstić information content (AvgIpc) is 3.90. The fourth-order valence-electron chi connectivity index (χ4n) is 6.42. The van der Waals surface area contributed by atoms with E-state index in [1.54, 1.807) is 30.5 Å². The van der Waals surface area contributed by atoms with Crippen LogP contribution in [-0.4, -0.2) is 59.7 Å². The van der Waals surface area contributed by atoms with Gasteiger partial charge < -0.3 is 19.5 Å². The van der Waals surface area contributed by atoms with E-state index < -0.39 is 19.8 Å². The molecule has 1 N–H and O–H groups in total. The molecule has 0 unspecified atom stereocenters. The summed E-state index contributed by atoms with van der Waals surface area (Å²) in [6.45, 7) is 7.78. The van der Waals surface area contributed by atoms with Crippen LogP contribution >= 0.6 is 0 Å². The molecule has 7 rings (SSSR count). The molecule has 1 aliphatic carbocycles. The Kier molecular flexibility index (Phi) is 8.91. The number of hydrogen-bond acceptors (Lipinski definition) is 7. The number of benzene rings is 2. The number of halogens is 1. The first-order valence-corrected chi connectivity index (χ1v) is 20.4. The fourth-order valence-corrected chi connectivity index (χ4v) is 7.18. The Morgan fingerprint density at radius 1 is 1.08 bits per heavy atom. The largest absolute Gasteiger partial charge is 0.491 e. The summed E-state index contributed by atoms with van der Waals surface area (Å²) in [5.74, 6) is -0.522. The molecular weight excluding hydrogens is 640 g/mol. The number of amides is 1. The first kappa shape index (κ1) is 32.8. The number of anilines is 1. The maximum Gasteiger partial charge on any atom is 0.265 e. The maximum atomic E-state index is 15.5. The van der Waals surface area contributed by atoms with Crippen LogP contribution in [0.4, 0.5) is 10.1 Å². The number of ether oxygens (including phenoxy) is 2. The monoisotopic (exact) mass is 678 g/mol. The number of aldehydes is 1. The van der Waals surface area contributed by atoms with Gasteiger partial charge in [-0.1, -0.05) is 31.8 Å². The van der Waals surface area contributed by atoms with Gasteiger partial charge in [0, 0.05) is 43.6 Å². The van der Waals surface area contributed by atoms with Crippen LogP contribution in [0.15, 0.2) is 67.0 Å². The maximum absolute atomic E-state index is 15.5. The lowest BCUT2D eigenvalue weighted by atomic mass is 9.96. The highest BCUT2D eigenvalue weighted by Gasteiger charge is 2.33. The van der Waals surface area contributed by atoms with Gasteiger partial charge in [-0.25, -0.2) is 9.37 Å². The first-order valence-electron chi connectivity index (χ1n) is 16.7. The Morgan fingerprint density at radius 3 is 2.63 bits per heavy atom. The number of hydrogen-bond donors (Lipinski definition) is 1. The second-order valence-electron chi connectivity index (χ2n) is 13.9. The molecule has 11 heteroatoms. The van der Waals surface area contributed by atoms with Crippen LogP contribution in [0.2, 0.25) is 25.7 Å². The summed E-state index contributed by atoms with van der Waals surface area (Å²) < 4.78 is 29.6. The van der Waals surface area contributed by atoms with Gasteiger partial charge in [-0.15, -0.1) is 0 Å². The highest BCUT2D eigenvalue weighted by molar-refractivity contribution is 6.76. The summed E-state index contributed by atoms with van der Waals surface area (Å²) in [5.41, 5.74) is 5.84. The minimum atomic E-state index is -1.32. The minimum absolute atomic E-state index is 0.0913. The van der Waals surface area contributed by atoms with Gasteiger partial charge in [0.05, 0.1) is 30.2 Å². The topological polar surface area (TPSA) is 107 Å². The minimum Gasteiger partial charge on any atom is -0.491 e. The highest BCUT2D eigenvalue weighted by Crippen LogP contribution is 2.44. The van der Waals surface area contributed by atoms with Crippen molar-refractivity contribution in [1.29, 1.82) is 0 Å². The molecule has 1 saturated carbocycles. The summed E-state index contributed by atoms with van der Waals surface area (Å²) in [6, 6.07) is 17.2. The van der Waals surface area contributed by atoms with Gasteiger partial charge in [0.1, 0.15) is 36.1 Å². The van der Waals surface area contributed by atoms with Gasteiger partial charge in [0.2, 0.25) is 0 Å². The van der Waals surface area contributed by atoms with Crippen LogP contribution in [0.25, 0.3) is 33.5 Å². The number of aromatic nitrogens is 3. The number of pyridine rings is 2. The molecule has 0 spiro atoms. The van der Waals surface area contributed by atoms with Crippen LogP contribution in [0.5, 0.6) is 5.75 Å². The molecule has 5 aromatic rings. The van der Waals surface area contributed by atoms with Gasteiger partial charge in [0.15, 0.2) is 6.29 Å². The third-order valence-corrected chi connectivity index (χ3v) is 10.9. The van der Waals surface area contributed by atoms with E-state index in [0.29, 0.717) is 46.2 Å². The van der Waals surface area contributed by atoms with Gasteiger partial charge in [-0.3, -0.25) is 19.1 Å². The van der Waals surface area contributed by atoms with E-state index in [2.05, 4.69) is 24.6 Å². The Balaban J connectivity index is 1.31. The van der Waals surface area contributed by atoms with Crippen molar-refractivity contribution >= 4 is 37.0 Å². The van der Waals surface area contributed by atoms with E-state index >= 15 is 4.39 Å². The average molecular weight is 679 g/mol. The molecular formula is C38H39FN4O5Si. The van der Waals surface area contributed by atoms with E-state index in [4.69, 9.17) is 14.5 Å². The number of carbonyl (C=O) groups is 2. The van der Waals surface area contributed by atoms with E-state index in [-0.39, 0.29) is 37.8 Å². The lowest BCUT2D eigenvalue weighted by Gasteiger charge is -2.24. The van der Waals surface area contributed by atoms with Crippen LogP contribution in [0, 0.1) is 5.82 Å². The molecule has 0 saturated heterocycles. The Morgan fingerprint density at radius 2 is 1.92 bits per heavy atom. The molecule has 1 fully saturated rings. The van der Waals surface area contributed by atoms with Gasteiger partial charge >= 0.3 is 0 Å². The smallest absolute Gasteiger partial charge is 0.265 e. The zero-order valence-electron chi connectivity index (χ0n) is 27.9. The molecule has 0 atom stereocenters. The van der Waals surface area contributed by atoms with Crippen LogP contribution in [-0.2, 0) is 18.1 Å². The molecule has 9 nitrogen and oxygen atoms in total. The number of rotatable bonds is 11. The molecule has 1 amide bonds. The molecule has 2 aliphatic rings. The number of carbonyl (C=O) groups excluding carboxylic acids is 2. The standard InChI is InChI=1S/C38H39FN4O5Si/c1-49(2,3)16-15-47-23-43-34(32-10-7-24(21-44)20-41-32)19-29-28(11-12-40-37(29)43)27-5-4-6-33(30(27)22-45)42-13-14-48-35-18-26(25-8-9-25)17-31(39)36(35)38(42)46/h4-7,10-12,17-21,25,45H,8-9,13-16,22-23H2,1-3H3. The Labute approximate surface area is 285 Å². The number of nitrogens with zero attached hydrogens (tertiary/aromatic N) is 4. The van der Waals surface area contributed by atoms with Crippen molar-refractivity contribution in [3.8, 4) is 28.3 Å². The number of aliphatic hydroxyl groups excluding tert-OH is 1. The zero-order chi connectivity index (χ0) is 34.3. The summed E-state index contributed by atoms with van der Waals surface area (Å²) in [6.07, 6.45) is 6.02. The van der Waals surface area contributed by atoms with Crippen LogP contribution < -0.4 is 9.64 Å². The molecule has 4 heterocycles. The summed E-state index contributed by atoms with van der Waals surface area (Å²) in [5, 5.41) is 11.7. The third-order valence-electron chi connectivity index (χ3n) is 9.25. The zero-order valence-corrected chi connectivity index (χ0v) is 28.9. The quantitative estimate of drug-likeness (QED) is 0.0880. The number of aliphatic hydroxyl groups is 1. The normalized spacial score (nSPS) is 14.9.